The van der Waals surface area contributed by atoms with Gasteiger partial charge in [-0.05, 0) is 36.6 Å². The van der Waals surface area contributed by atoms with E-state index in [1.165, 1.54) is 19.3 Å². The molecule has 0 aliphatic heterocycles. The summed E-state index contributed by atoms with van der Waals surface area (Å²) >= 11 is 0. The van der Waals surface area contributed by atoms with E-state index in [0.717, 1.165) is 30.2 Å². The van der Waals surface area contributed by atoms with Gasteiger partial charge in [0.2, 0.25) is 0 Å². The fourth-order valence-corrected chi connectivity index (χ4v) is 3.23. The maximum Gasteiger partial charge on any atom is -0.00434 e. The zero-order chi connectivity index (χ0) is 9.84. The van der Waals surface area contributed by atoms with E-state index < -0.39 is 0 Å². The molecule has 13 heavy (non-hydrogen) atoms. The Hall–Kier alpha value is -0.300. The third-order valence-electron chi connectivity index (χ3n) is 3.85. The van der Waals surface area contributed by atoms with Gasteiger partial charge in [-0.15, -0.1) is 6.58 Å². The zero-order valence-corrected chi connectivity index (χ0v) is 9.00. The molecule has 1 rings (SSSR count). The van der Waals surface area contributed by atoms with Gasteiger partial charge < -0.3 is 5.73 Å². The predicted molar refractivity (Wildman–Crippen MR) is 58.4 cm³/mol. The van der Waals surface area contributed by atoms with Crippen molar-refractivity contribution < 1.29 is 0 Å². The molecule has 0 aromatic rings. The predicted octanol–water partition coefficient (Wildman–Crippen LogP) is 2.82. The van der Waals surface area contributed by atoms with Gasteiger partial charge in [0, 0.05) is 0 Å². The molecular weight excluding hydrogens is 158 g/mol. The van der Waals surface area contributed by atoms with E-state index in [2.05, 4.69) is 26.5 Å². The highest BCUT2D eigenvalue weighted by Crippen LogP contribution is 2.50. The van der Waals surface area contributed by atoms with Crippen molar-refractivity contribution in [3.8, 4) is 0 Å². The maximum absolute atomic E-state index is 5.80. The third kappa shape index (κ3) is 1.80. The number of hydrogen-bond acceptors (Lipinski definition) is 1. The summed E-state index contributed by atoms with van der Waals surface area (Å²) < 4.78 is 0. The lowest BCUT2D eigenvalue weighted by Gasteiger charge is -2.52. The second-order valence-corrected chi connectivity index (χ2v) is 4.23. The minimum absolute atomic E-state index is 0.792. The minimum atomic E-state index is 0.792. The Balaban J connectivity index is 2.55. The molecule has 2 unspecified atom stereocenters. The molecule has 1 fully saturated rings. The zero-order valence-electron chi connectivity index (χ0n) is 9.00. The number of hydrogen-bond donors (Lipinski definition) is 1. The highest BCUT2D eigenvalue weighted by atomic mass is 14.6. The molecule has 0 aromatic heterocycles. The van der Waals surface area contributed by atoms with Gasteiger partial charge in [-0.25, -0.2) is 0 Å². The molecule has 0 radical (unpaired) electrons. The molecule has 1 heteroatoms. The normalized spacial score (nSPS) is 38.4. The first-order valence-corrected chi connectivity index (χ1v) is 5.61. The fourth-order valence-electron chi connectivity index (χ4n) is 3.23. The van der Waals surface area contributed by atoms with Crippen LogP contribution in [-0.4, -0.2) is 6.54 Å². The Morgan fingerprint density at radius 1 is 1.08 bits per heavy atom. The number of nitrogens with two attached hydrogens (primary N) is 1. The summed E-state index contributed by atoms with van der Waals surface area (Å²) in [4.78, 5) is 0. The van der Waals surface area contributed by atoms with Gasteiger partial charge in [0.1, 0.15) is 0 Å². The first kappa shape index (κ1) is 10.8. The molecule has 0 saturated heterocycles. The Labute approximate surface area is 82.4 Å². The van der Waals surface area contributed by atoms with Crippen LogP contribution < -0.4 is 5.73 Å². The molecule has 1 aliphatic rings. The molecule has 0 heterocycles. The molecule has 2 N–H and O–H groups in total. The SMILES string of the molecule is C=CCC1C(CC)C(CN)C1CC. The van der Waals surface area contributed by atoms with E-state index in [-0.39, 0.29) is 0 Å². The molecule has 0 bridgehead atoms. The van der Waals surface area contributed by atoms with E-state index in [0.29, 0.717) is 0 Å². The van der Waals surface area contributed by atoms with Crippen LogP contribution in [0.4, 0.5) is 0 Å². The van der Waals surface area contributed by atoms with Crippen LogP contribution in [0.3, 0.4) is 0 Å². The van der Waals surface area contributed by atoms with Gasteiger partial charge in [0.25, 0.3) is 0 Å². The van der Waals surface area contributed by atoms with E-state index >= 15 is 0 Å². The van der Waals surface area contributed by atoms with Crippen LogP contribution in [0.15, 0.2) is 12.7 Å². The van der Waals surface area contributed by atoms with Crippen LogP contribution in [-0.2, 0) is 0 Å². The smallest absolute Gasteiger partial charge is 0.00434 e. The van der Waals surface area contributed by atoms with Crippen molar-refractivity contribution in [2.24, 2.45) is 29.4 Å². The summed E-state index contributed by atoms with van der Waals surface area (Å²) in [6.07, 6.45) is 5.84. The molecule has 0 spiro atoms. The van der Waals surface area contributed by atoms with Crippen molar-refractivity contribution in [2.75, 3.05) is 6.54 Å². The van der Waals surface area contributed by atoms with Gasteiger partial charge in [0.05, 0.1) is 0 Å². The van der Waals surface area contributed by atoms with Gasteiger partial charge in [-0.2, -0.15) is 0 Å². The molecular formula is C12H23N. The Morgan fingerprint density at radius 3 is 1.92 bits per heavy atom. The Kier molecular flexibility index (Phi) is 3.98. The lowest BCUT2D eigenvalue weighted by Crippen LogP contribution is -2.49. The highest BCUT2D eigenvalue weighted by Gasteiger charge is 2.45. The Morgan fingerprint density at radius 2 is 1.62 bits per heavy atom. The van der Waals surface area contributed by atoms with Crippen molar-refractivity contribution in [3.05, 3.63) is 12.7 Å². The van der Waals surface area contributed by atoms with E-state index in [1.807, 2.05) is 0 Å². The third-order valence-corrected chi connectivity index (χ3v) is 3.85. The van der Waals surface area contributed by atoms with Gasteiger partial charge in [-0.3, -0.25) is 0 Å². The lowest BCUT2D eigenvalue weighted by atomic mass is 9.54. The largest absolute Gasteiger partial charge is 0.330 e. The summed E-state index contributed by atoms with van der Waals surface area (Å²) in [7, 11) is 0. The molecule has 76 valence electrons. The van der Waals surface area contributed by atoms with Gasteiger partial charge in [-0.1, -0.05) is 32.8 Å². The molecule has 1 nitrogen and oxygen atoms in total. The van der Waals surface area contributed by atoms with Crippen LogP contribution in [0.5, 0.6) is 0 Å². The van der Waals surface area contributed by atoms with Crippen LogP contribution in [0.2, 0.25) is 0 Å². The summed E-state index contributed by atoms with van der Waals surface area (Å²) in [6, 6.07) is 0. The van der Waals surface area contributed by atoms with Gasteiger partial charge >= 0.3 is 0 Å². The topological polar surface area (TPSA) is 26.0 Å². The van der Waals surface area contributed by atoms with Crippen LogP contribution in [0.1, 0.15) is 33.1 Å². The fraction of sp³-hybridized carbons (Fsp3) is 0.833. The van der Waals surface area contributed by atoms with Crippen LogP contribution in [0, 0.1) is 23.7 Å². The summed E-state index contributed by atoms with van der Waals surface area (Å²) in [6.45, 7) is 9.29. The average Bonchev–Trinajstić information content (AvgIpc) is 2.13. The highest BCUT2D eigenvalue weighted by molar-refractivity contribution is 4.98. The maximum atomic E-state index is 5.80. The quantitative estimate of drug-likeness (QED) is 0.648. The lowest BCUT2D eigenvalue weighted by molar-refractivity contribution is -0.0197. The van der Waals surface area contributed by atoms with Crippen molar-refractivity contribution >= 4 is 0 Å². The van der Waals surface area contributed by atoms with E-state index in [1.54, 1.807) is 0 Å². The first-order chi connectivity index (χ1) is 6.29. The first-order valence-electron chi connectivity index (χ1n) is 5.61. The number of allylic oxidation sites excluding steroid dienone is 1. The van der Waals surface area contributed by atoms with Crippen molar-refractivity contribution in [2.45, 2.75) is 33.1 Å². The monoisotopic (exact) mass is 181 g/mol. The van der Waals surface area contributed by atoms with Crippen molar-refractivity contribution in [1.82, 2.24) is 0 Å². The Bertz CT molecular complexity index is 153. The van der Waals surface area contributed by atoms with E-state index in [4.69, 9.17) is 5.73 Å². The van der Waals surface area contributed by atoms with Gasteiger partial charge in [0.15, 0.2) is 0 Å². The summed E-state index contributed by atoms with van der Waals surface area (Å²) in [5.74, 6) is 3.40. The summed E-state index contributed by atoms with van der Waals surface area (Å²) in [5, 5.41) is 0. The summed E-state index contributed by atoms with van der Waals surface area (Å²) in [5.41, 5.74) is 5.80. The van der Waals surface area contributed by atoms with Crippen LogP contribution >= 0.6 is 0 Å². The van der Waals surface area contributed by atoms with E-state index in [9.17, 15) is 0 Å². The average molecular weight is 181 g/mol. The van der Waals surface area contributed by atoms with Crippen LogP contribution in [0.25, 0.3) is 0 Å². The molecule has 0 amide bonds. The molecule has 0 aromatic carbocycles. The molecule has 2 atom stereocenters. The molecule has 1 saturated carbocycles. The second kappa shape index (κ2) is 4.80. The second-order valence-electron chi connectivity index (χ2n) is 4.23. The molecule has 1 aliphatic carbocycles. The van der Waals surface area contributed by atoms with Crippen molar-refractivity contribution in [3.63, 3.8) is 0 Å². The number of rotatable bonds is 5. The van der Waals surface area contributed by atoms with Crippen molar-refractivity contribution in [1.29, 1.82) is 0 Å². The minimum Gasteiger partial charge on any atom is -0.330 e. The standard InChI is InChI=1S/C12H23N/c1-4-7-11-9(5-2)12(8-13)10(11)6-3/h4,9-12H,1,5-8,13H2,2-3H3.